The second kappa shape index (κ2) is 10.8. The third kappa shape index (κ3) is 12.1. The average molecular weight is 426 g/mol. The molecule has 1 rings (SSSR count). The second-order valence-corrected chi connectivity index (χ2v) is 16.0. The van der Waals surface area contributed by atoms with Crippen LogP contribution in [0.1, 0.15) is 5.56 Å². The van der Waals surface area contributed by atoms with Gasteiger partial charge in [0.2, 0.25) is 0 Å². The van der Waals surface area contributed by atoms with Gasteiger partial charge in [0.25, 0.3) is 0 Å². The Morgan fingerprint density at radius 3 is 2.12 bits per heavy atom. The maximum absolute atomic E-state index is 10.7. The lowest BCUT2D eigenvalue weighted by Crippen LogP contribution is -2.34. The zero-order chi connectivity index (χ0) is 20.4. The second-order valence-electron chi connectivity index (χ2n) is 6.55. The summed E-state index contributed by atoms with van der Waals surface area (Å²) in [5, 5.41) is 9.92. The molecule has 0 spiro atoms. The molecule has 0 bridgehead atoms. The van der Waals surface area contributed by atoms with Crippen LogP contribution in [0.4, 0.5) is 13.2 Å². The van der Waals surface area contributed by atoms with E-state index in [2.05, 4.69) is 56.0 Å². The lowest BCUT2D eigenvalue weighted by molar-refractivity contribution is -0.0517. The molecule has 1 aromatic carbocycles. The van der Waals surface area contributed by atoms with Crippen molar-refractivity contribution in [1.82, 2.24) is 0 Å². The molecule has 0 aliphatic rings. The summed E-state index contributed by atoms with van der Waals surface area (Å²) in [5.41, 5.74) is -4.23. The fraction of sp³-hybridized carbons (Fsp3) is 0.438. The highest BCUT2D eigenvalue weighted by atomic mass is 32.2. The van der Waals surface area contributed by atoms with Crippen LogP contribution in [-0.2, 0) is 26.8 Å². The van der Waals surface area contributed by atoms with Crippen LogP contribution in [0.15, 0.2) is 42.5 Å². The van der Waals surface area contributed by atoms with Gasteiger partial charge in [0.15, 0.2) is 10.1 Å². The molecule has 0 saturated carbocycles. The molecule has 0 amide bonds. The first kappa shape index (κ1) is 24.7. The zero-order valence-corrected chi connectivity index (χ0v) is 17.4. The minimum Gasteiger partial charge on any atom is -0.741 e. The van der Waals surface area contributed by atoms with Gasteiger partial charge in [0.1, 0.15) is 19.6 Å². The first-order valence-electron chi connectivity index (χ1n) is 7.51. The molecule has 1 aromatic rings. The van der Waals surface area contributed by atoms with Crippen molar-refractivity contribution in [1.29, 1.82) is 5.26 Å². The molecular formula is C16H22F3NO3S2Si. The number of hydrogen-bond donors (Lipinski definition) is 0. The Labute approximate surface area is 156 Å². The fourth-order valence-electron chi connectivity index (χ4n) is 1.83. The van der Waals surface area contributed by atoms with Gasteiger partial charge in [-0.3, -0.25) is 0 Å². The summed E-state index contributed by atoms with van der Waals surface area (Å²) in [5.74, 6) is 2.20. The molecule has 0 N–H and O–H groups in total. The van der Waals surface area contributed by atoms with Gasteiger partial charge >= 0.3 is 5.51 Å². The number of hydrogen-bond acceptors (Lipinski definition) is 4. The SMILES string of the molecule is C[Si](C)(C)C[S+](C/C=C/C#N)Cc1ccccc1.O=S(=O)([O-])C(F)(F)F. The Balaban J connectivity index is 0.000000660. The summed E-state index contributed by atoms with van der Waals surface area (Å²) in [6, 6.07) is 12.8. The summed E-state index contributed by atoms with van der Waals surface area (Å²) in [7, 11) is -6.75. The molecule has 146 valence electrons. The van der Waals surface area contributed by atoms with Gasteiger partial charge in [-0.05, 0) is 17.0 Å². The lowest BCUT2D eigenvalue weighted by Gasteiger charge is -2.16. The molecule has 26 heavy (non-hydrogen) atoms. The minimum atomic E-state index is -6.09. The summed E-state index contributed by atoms with van der Waals surface area (Å²) >= 11 is 0. The molecular weight excluding hydrogens is 403 g/mol. The van der Waals surface area contributed by atoms with Crippen molar-refractivity contribution in [3.63, 3.8) is 0 Å². The van der Waals surface area contributed by atoms with Crippen LogP contribution < -0.4 is 0 Å². The van der Waals surface area contributed by atoms with E-state index in [0.29, 0.717) is 10.9 Å². The molecule has 0 heterocycles. The van der Waals surface area contributed by atoms with Crippen LogP contribution >= 0.6 is 0 Å². The highest BCUT2D eigenvalue weighted by Crippen LogP contribution is 2.20. The van der Waals surface area contributed by atoms with Crippen molar-refractivity contribution in [2.75, 3.05) is 11.1 Å². The largest absolute Gasteiger partial charge is 0.741 e. The molecule has 0 aliphatic heterocycles. The summed E-state index contributed by atoms with van der Waals surface area (Å²) in [6.45, 7) is 7.27. The van der Waals surface area contributed by atoms with E-state index >= 15 is 0 Å². The van der Waals surface area contributed by atoms with E-state index in [1.807, 2.05) is 6.08 Å². The number of benzene rings is 1. The van der Waals surface area contributed by atoms with Crippen LogP contribution in [0.3, 0.4) is 0 Å². The Hall–Kier alpha value is -1.28. The van der Waals surface area contributed by atoms with Gasteiger partial charge in [-0.2, -0.15) is 18.4 Å². The van der Waals surface area contributed by atoms with Crippen LogP contribution in [0, 0.1) is 11.3 Å². The molecule has 0 fully saturated rings. The molecule has 1 atom stereocenters. The maximum Gasteiger partial charge on any atom is 0.485 e. The van der Waals surface area contributed by atoms with E-state index in [1.165, 1.54) is 10.9 Å². The standard InChI is InChI=1S/C15H22NSSi.CHF3O3S/c1-18(2,3)14-17(12-8-7-11-16)13-15-9-5-4-6-10-15;2-1(3,4)8(5,6)7/h4-10H,12-14H2,1-3H3;(H,5,6,7)/q+1;/p-1/b8-7+;. The Morgan fingerprint density at radius 1 is 1.23 bits per heavy atom. The van der Waals surface area contributed by atoms with E-state index in [9.17, 15) is 13.2 Å². The number of nitriles is 1. The minimum absolute atomic E-state index is 0.377. The third-order valence-corrected chi connectivity index (χ3v) is 9.73. The Morgan fingerprint density at radius 2 is 1.73 bits per heavy atom. The molecule has 1 unspecified atom stereocenters. The van der Waals surface area contributed by atoms with Gasteiger partial charge in [-0.25, -0.2) is 8.42 Å². The summed E-state index contributed by atoms with van der Waals surface area (Å²) < 4.78 is 58.9. The van der Waals surface area contributed by atoms with E-state index in [-0.39, 0.29) is 0 Å². The van der Waals surface area contributed by atoms with E-state index in [0.717, 1.165) is 11.5 Å². The number of nitrogens with zero attached hydrogens (tertiary/aromatic N) is 1. The van der Waals surface area contributed by atoms with E-state index in [1.54, 1.807) is 6.08 Å². The Bertz CT molecular complexity index is 709. The fourth-order valence-corrected chi connectivity index (χ4v) is 8.76. The smallest absolute Gasteiger partial charge is 0.485 e. The highest BCUT2D eigenvalue weighted by Gasteiger charge is 2.36. The van der Waals surface area contributed by atoms with Crippen LogP contribution in [0.2, 0.25) is 19.6 Å². The summed E-state index contributed by atoms with van der Waals surface area (Å²) in [6.07, 6.45) is 3.65. The number of halogens is 3. The predicted octanol–water partition coefficient (Wildman–Crippen LogP) is 3.81. The maximum atomic E-state index is 10.7. The van der Waals surface area contributed by atoms with E-state index in [4.69, 9.17) is 18.2 Å². The molecule has 4 nitrogen and oxygen atoms in total. The molecule has 0 aliphatic carbocycles. The molecule has 10 heteroatoms. The van der Waals surface area contributed by atoms with Crippen molar-refractivity contribution in [2.45, 2.75) is 30.9 Å². The average Bonchev–Trinajstić information content (AvgIpc) is 2.45. The van der Waals surface area contributed by atoms with Gasteiger partial charge in [0, 0.05) is 11.6 Å². The highest BCUT2D eigenvalue weighted by molar-refractivity contribution is 7.97. The predicted molar refractivity (Wildman–Crippen MR) is 101 cm³/mol. The zero-order valence-electron chi connectivity index (χ0n) is 14.8. The van der Waals surface area contributed by atoms with Crippen molar-refractivity contribution >= 4 is 29.1 Å². The van der Waals surface area contributed by atoms with Crippen molar-refractivity contribution in [3.05, 3.63) is 48.0 Å². The van der Waals surface area contributed by atoms with E-state index < -0.39 is 23.7 Å². The number of alkyl halides is 3. The number of allylic oxidation sites excluding steroid dienone is 1. The third-order valence-electron chi connectivity index (χ3n) is 2.66. The molecule has 0 radical (unpaired) electrons. The van der Waals surface area contributed by atoms with Crippen LogP contribution in [-0.4, -0.2) is 37.7 Å². The first-order chi connectivity index (χ1) is 11.8. The lowest BCUT2D eigenvalue weighted by atomic mass is 10.2. The van der Waals surface area contributed by atoms with Crippen molar-refractivity contribution in [2.24, 2.45) is 0 Å². The van der Waals surface area contributed by atoms with Crippen LogP contribution in [0.5, 0.6) is 0 Å². The van der Waals surface area contributed by atoms with Gasteiger partial charge < -0.3 is 4.55 Å². The number of rotatable bonds is 6. The monoisotopic (exact) mass is 425 g/mol. The topological polar surface area (TPSA) is 81.0 Å². The molecule has 0 aromatic heterocycles. The van der Waals surface area contributed by atoms with Crippen LogP contribution in [0.25, 0.3) is 0 Å². The molecule has 0 saturated heterocycles. The van der Waals surface area contributed by atoms with Gasteiger partial charge in [0.05, 0.1) is 11.4 Å². The van der Waals surface area contributed by atoms with Crippen molar-refractivity contribution < 1.29 is 26.1 Å². The van der Waals surface area contributed by atoms with Gasteiger partial charge in [-0.15, -0.1) is 0 Å². The quantitative estimate of drug-likeness (QED) is 0.228. The van der Waals surface area contributed by atoms with Gasteiger partial charge in [-0.1, -0.05) is 50.0 Å². The van der Waals surface area contributed by atoms with Crippen molar-refractivity contribution in [3.8, 4) is 6.07 Å². The normalized spacial score (nSPS) is 13.6. The first-order valence-corrected chi connectivity index (χ1v) is 14.4. The summed E-state index contributed by atoms with van der Waals surface area (Å²) in [4.78, 5) is 0. The Kier molecular flexibility index (Phi) is 10.2.